The molecule has 0 radical (unpaired) electrons. The van der Waals surface area contributed by atoms with Crippen molar-refractivity contribution in [3.63, 3.8) is 0 Å². The average Bonchev–Trinajstić information content (AvgIpc) is 3.46. The second-order valence-electron chi connectivity index (χ2n) is 8.83. The molecule has 0 unspecified atom stereocenters. The Morgan fingerprint density at radius 3 is 2.78 bits per heavy atom. The minimum Gasteiger partial charge on any atom is -0.377 e. The molecule has 1 N–H and O–H groups in total. The van der Waals surface area contributed by atoms with E-state index >= 15 is 0 Å². The summed E-state index contributed by atoms with van der Waals surface area (Å²) in [6, 6.07) is 11.0. The van der Waals surface area contributed by atoms with Gasteiger partial charge < -0.3 is 24.4 Å². The van der Waals surface area contributed by atoms with Crippen LogP contribution >= 0.6 is 11.3 Å². The highest BCUT2D eigenvalue weighted by molar-refractivity contribution is 7.22. The summed E-state index contributed by atoms with van der Waals surface area (Å²) < 4.78 is 5.72. The van der Waals surface area contributed by atoms with E-state index in [1.807, 2.05) is 6.20 Å². The molecule has 4 aromatic rings. The van der Waals surface area contributed by atoms with Gasteiger partial charge in [0, 0.05) is 55.4 Å². The van der Waals surface area contributed by atoms with Gasteiger partial charge in [0.05, 0.1) is 29.6 Å². The molecule has 1 atom stereocenters. The van der Waals surface area contributed by atoms with Gasteiger partial charge in [0.2, 0.25) is 0 Å². The summed E-state index contributed by atoms with van der Waals surface area (Å²) in [7, 11) is 2.19. The zero-order valence-electron chi connectivity index (χ0n) is 18.5. The number of anilines is 2. The first kappa shape index (κ1) is 20.0. The largest absolute Gasteiger partial charge is 0.377 e. The van der Waals surface area contributed by atoms with Gasteiger partial charge in [-0.25, -0.2) is 9.97 Å². The zero-order valence-corrected chi connectivity index (χ0v) is 19.4. The molecule has 8 heteroatoms. The molecule has 7 nitrogen and oxygen atoms in total. The Balaban J connectivity index is 1.51. The maximum absolute atomic E-state index is 5.72. The third-order valence-corrected chi connectivity index (χ3v) is 7.74. The molecule has 2 saturated heterocycles. The van der Waals surface area contributed by atoms with Crippen molar-refractivity contribution in [2.75, 3.05) is 62.8 Å². The fraction of sp³-hybridized carbons (Fsp3) is 0.417. The van der Waals surface area contributed by atoms with Crippen molar-refractivity contribution in [3.8, 4) is 11.4 Å². The molecule has 3 aromatic heterocycles. The maximum Gasteiger partial charge on any atom is 0.163 e. The number of likely N-dealkylation sites (N-methyl/N-ethyl adjacent to an activating group) is 1. The Morgan fingerprint density at radius 2 is 1.94 bits per heavy atom. The molecule has 0 amide bonds. The van der Waals surface area contributed by atoms with Crippen LogP contribution in [0.3, 0.4) is 0 Å². The maximum atomic E-state index is 5.72. The van der Waals surface area contributed by atoms with Crippen LogP contribution in [0.15, 0.2) is 36.5 Å². The van der Waals surface area contributed by atoms with E-state index in [9.17, 15) is 0 Å². The molecule has 166 valence electrons. The van der Waals surface area contributed by atoms with Crippen LogP contribution in [0.1, 0.15) is 6.92 Å². The number of morpholine rings is 1. The third-order valence-electron chi connectivity index (χ3n) is 6.65. The molecule has 2 aliphatic rings. The van der Waals surface area contributed by atoms with Gasteiger partial charge in [0.25, 0.3) is 0 Å². The fourth-order valence-corrected chi connectivity index (χ4v) is 5.82. The number of hydrogen-bond donors (Lipinski definition) is 1. The number of thiophene rings is 1. The van der Waals surface area contributed by atoms with Gasteiger partial charge in [-0.1, -0.05) is 23.5 Å². The minimum absolute atomic E-state index is 0.282. The van der Waals surface area contributed by atoms with Gasteiger partial charge in [-0.3, -0.25) is 0 Å². The predicted molar refractivity (Wildman–Crippen MR) is 132 cm³/mol. The highest BCUT2D eigenvalue weighted by Crippen LogP contribution is 2.39. The molecule has 32 heavy (non-hydrogen) atoms. The van der Waals surface area contributed by atoms with Crippen molar-refractivity contribution in [1.29, 1.82) is 0 Å². The number of aromatic amines is 1. The summed E-state index contributed by atoms with van der Waals surface area (Å²) in [6.45, 7) is 8.80. The molecule has 2 aliphatic heterocycles. The van der Waals surface area contributed by atoms with Crippen molar-refractivity contribution in [2.45, 2.75) is 13.0 Å². The molecule has 1 aromatic carbocycles. The summed E-state index contributed by atoms with van der Waals surface area (Å²) in [5, 5.41) is 3.60. The predicted octanol–water partition coefficient (Wildman–Crippen LogP) is 3.82. The number of nitrogens with zero attached hydrogens (tertiary/aromatic N) is 5. The lowest BCUT2D eigenvalue weighted by atomic mass is 10.1. The Kier molecular flexibility index (Phi) is 5.01. The fourth-order valence-electron chi connectivity index (χ4n) is 4.74. The van der Waals surface area contributed by atoms with Crippen molar-refractivity contribution >= 4 is 43.3 Å². The summed E-state index contributed by atoms with van der Waals surface area (Å²) >= 11 is 1.79. The Hall–Kier alpha value is -2.68. The van der Waals surface area contributed by atoms with Crippen LogP contribution in [0, 0.1) is 0 Å². The SMILES string of the molecule is C[C@@H]1COCCN1c1nc(-c2cccc3[nH]ccc23)nc2sc(N3CCN(C)CC3)cc12. The molecular formula is C24H28N6OS. The van der Waals surface area contributed by atoms with Crippen LogP contribution in [0.25, 0.3) is 32.5 Å². The number of benzene rings is 1. The van der Waals surface area contributed by atoms with Crippen LogP contribution in [-0.4, -0.2) is 78.9 Å². The van der Waals surface area contributed by atoms with Crippen molar-refractivity contribution in [1.82, 2.24) is 19.9 Å². The van der Waals surface area contributed by atoms with E-state index in [4.69, 9.17) is 14.7 Å². The van der Waals surface area contributed by atoms with Crippen molar-refractivity contribution < 1.29 is 4.74 Å². The molecule has 0 bridgehead atoms. The first-order valence-corrected chi connectivity index (χ1v) is 12.1. The van der Waals surface area contributed by atoms with E-state index in [-0.39, 0.29) is 6.04 Å². The number of aromatic nitrogens is 3. The molecule has 0 saturated carbocycles. The first-order valence-electron chi connectivity index (χ1n) is 11.3. The Labute approximate surface area is 191 Å². The van der Waals surface area contributed by atoms with Crippen LogP contribution in [0.4, 0.5) is 10.8 Å². The van der Waals surface area contributed by atoms with Gasteiger partial charge >= 0.3 is 0 Å². The summed E-state index contributed by atoms with van der Waals surface area (Å²) in [6.07, 6.45) is 1.98. The number of piperazine rings is 1. The molecule has 6 rings (SSSR count). The van der Waals surface area contributed by atoms with E-state index < -0.39 is 0 Å². The van der Waals surface area contributed by atoms with Crippen LogP contribution in [-0.2, 0) is 4.74 Å². The van der Waals surface area contributed by atoms with Crippen molar-refractivity contribution in [3.05, 3.63) is 36.5 Å². The summed E-state index contributed by atoms with van der Waals surface area (Å²) in [4.78, 5) is 21.9. The average molecular weight is 449 g/mol. The molecule has 0 spiro atoms. The van der Waals surface area contributed by atoms with E-state index in [1.54, 1.807) is 11.3 Å². The first-order chi connectivity index (χ1) is 15.7. The topological polar surface area (TPSA) is 60.5 Å². The van der Waals surface area contributed by atoms with E-state index in [0.29, 0.717) is 0 Å². The molecular weight excluding hydrogens is 420 g/mol. The van der Waals surface area contributed by atoms with Gasteiger partial charge in [-0.05, 0) is 32.2 Å². The lowest BCUT2D eigenvalue weighted by molar-refractivity contribution is 0.0987. The van der Waals surface area contributed by atoms with E-state index in [0.717, 1.165) is 84.3 Å². The number of rotatable bonds is 3. The number of ether oxygens (including phenoxy) is 1. The summed E-state index contributed by atoms with van der Waals surface area (Å²) in [5.74, 6) is 1.83. The number of fused-ring (bicyclic) bond motifs is 2. The quantitative estimate of drug-likeness (QED) is 0.514. The Bertz CT molecular complexity index is 1260. The van der Waals surface area contributed by atoms with Gasteiger partial charge in [0.15, 0.2) is 5.82 Å². The highest BCUT2D eigenvalue weighted by atomic mass is 32.1. The zero-order chi connectivity index (χ0) is 21.7. The lowest BCUT2D eigenvalue weighted by Gasteiger charge is -2.34. The standard InChI is InChI=1S/C24H28N6OS/c1-16-15-31-13-12-30(16)23-19-14-21(29-10-8-28(2)9-11-29)32-24(19)27-22(26-23)18-4-3-5-20-17(18)6-7-25-20/h3-7,14,16,25H,8-13,15H2,1-2H3/t16-/m1/s1. The summed E-state index contributed by atoms with van der Waals surface area (Å²) in [5.41, 5.74) is 2.18. The second-order valence-corrected chi connectivity index (χ2v) is 9.84. The van der Waals surface area contributed by atoms with Gasteiger partial charge in [0.1, 0.15) is 10.6 Å². The molecule has 2 fully saturated rings. The normalized spacial score (nSPS) is 20.5. The molecule has 0 aliphatic carbocycles. The minimum atomic E-state index is 0.282. The van der Waals surface area contributed by atoms with E-state index in [1.165, 1.54) is 5.00 Å². The smallest absolute Gasteiger partial charge is 0.163 e. The van der Waals surface area contributed by atoms with Crippen molar-refractivity contribution in [2.24, 2.45) is 0 Å². The monoisotopic (exact) mass is 448 g/mol. The number of H-pyrrole nitrogens is 1. The lowest BCUT2D eigenvalue weighted by Crippen LogP contribution is -2.44. The van der Waals surface area contributed by atoms with Gasteiger partial charge in [-0.15, -0.1) is 0 Å². The van der Waals surface area contributed by atoms with Gasteiger partial charge in [-0.2, -0.15) is 0 Å². The van der Waals surface area contributed by atoms with Crippen LogP contribution < -0.4 is 9.80 Å². The highest BCUT2D eigenvalue weighted by Gasteiger charge is 2.26. The van der Waals surface area contributed by atoms with Crippen LogP contribution in [0.5, 0.6) is 0 Å². The number of hydrogen-bond acceptors (Lipinski definition) is 7. The second kappa shape index (κ2) is 8.03. The Morgan fingerprint density at radius 1 is 1.06 bits per heavy atom. The molecule has 5 heterocycles. The third kappa shape index (κ3) is 3.43. The van der Waals surface area contributed by atoms with Crippen LogP contribution in [0.2, 0.25) is 0 Å². The van der Waals surface area contributed by atoms with E-state index in [2.05, 4.69) is 64.0 Å². The number of nitrogens with one attached hydrogen (secondary N) is 1.